The summed E-state index contributed by atoms with van der Waals surface area (Å²) < 4.78 is 11.5. The molecule has 2 aliphatic heterocycles. The Morgan fingerprint density at radius 2 is 1.00 bits per heavy atom. The molecule has 4 aromatic carbocycles. The summed E-state index contributed by atoms with van der Waals surface area (Å²) in [6, 6.07) is 39.6. The number of nitrogens with zero attached hydrogens (tertiary/aromatic N) is 8. The molecule has 0 fully saturated rings. The molecule has 10 rings (SSSR count). The Morgan fingerprint density at radius 3 is 1.44 bits per heavy atom. The molecule has 2 amide bonds. The molecule has 8 aromatic rings. The number of amides is 2. The first-order valence-electron chi connectivity index (χ1n) is 22.8. The van der Waals surface area contributed by atoms with Gasteiger partial charge in [0.1, 0.15) is 22.8 Å². The van der Waals surface area contributed by atoms with Gasteiger partial charge < -0.3 is 19.6 Å². The zero-order valence-corrected chi connectivity index (χ0v) is 39.2. The van der Waals surface area contributed by atoms with Crippen molar-refractivity contribution in [3.8, 4) is 28.5 Å². The van der Waals surface area contributed by atoms with Gasteiger partial charge in [0.25, 0.3) is 22.9 Å². The van der Waals surface area contributed by atoms with Crippen LogP contribution < -0.4 is 25.7 Å². The van der Waals surface area contributed by atoms with Crippen LogP contribution in [-0.4, -0.2) is 71.6 Å². The van der Waals surface area contributed by atoms with E-state index in [-0.39, 0.29) is 36.1 Å². The fourth-order valence-corrected chi connectivity index (χ4v) is 8.51. The number of benzene rings is 4. The molecule has 0 saturated heterocycles. The van der Waals surface area contributed by atoms with E-state index >= 15 is 0 Å². The second-order valence-electron chi connectivity index (χ2n) is 16.2. The molecule has 0 spiro atoms. The molecule has 1 N–H and O–H groups in total. The maximum atomic E-state index is 13.7. The molecule has 2 aliphatic rings. The van der Waals surface area contributed by atoms with E-state index < -0.39 is 6.10 Å². The van der Waals surface area contributed by atoms with E-state index in [1.807, 2.05) is 81.4 Å². The third kappa shape index (κ3) is 9.64. The fourth-order valence-electron chi connectivity index (χ4n) is 8.51. The third-order valence-corrected chi connectivity index (χ3v) is 11.9. The van der Waals surface area contributed by atoms with Gasteiger partial charge in [-0.05, 0) is 124 Å². The number of aliphatic hydroxyl groups is 1. The van der Waals surface area contributed by atoms with Crippen molar-refractivity contribution in [3.05, 3.63) is 206 Å². The lowest BCUT2D eigenvalue weighted by atomic mass is 10.0. The van der Waals surface area contributed by atoms with E-state index in [0.717, 1.165) is 28.2 Å². The highest BCUT2D eigenvalue weighted by molar-refractivity contribution is 6.10. The largest absolute Gasteiger partial charge is 0.497 e. The summed E-state index contributed by atoms with van der Waals surface area (Å²) >= 11 is 0. The van der Waals surface area contributed by atoms with Crippen molar-refractivity contribution in [2.24, 2.45) is 0 Å². The second-order valence-corrected chi connectivity index (χ2v) is 16.2. The zero-order chi connectivity index (χ0) is 48.9. The average Bonchev–Trinajstić information content (AvgIpc) is 3.97. The molecule has 0 bridgehead atoms. The van der Waals surface area contributed by atoms with Crippen LogP contribution in [0.25, 0.3) is 22.7 Å². The third-order valence-electron chi connectivity index (χ3n) is 11.9. The summed E-state index contributed by atoms with van der Waals surface area (Å²) in [7, 11) is 1.58. The van der Waals surface area contributed by atoms with Crippen LogP contribution in [0.4, 0.5) is 11.4 Å². The molecule has 0 aliphatic carbocycles. The molecule has 6 heterocycles. The van der Waals surface area contributed by atoms with Gasteiger partial charge in [0.05, 0.1) is 30.3 Å². The molecular weight excluding hydrogens is 885 g/mol. The van der Waals surface area contributed by atoms with Gasteiger partial charge in [0, 0.05) is 78.4 Å². The van der Waals surface area contributed by atoms with Crippen molar-refractivity contribution >= 4 is 29.0 Å². The van der Waals surface area contributed by atoms with E-state index in [2.05, 4.69) is 10.2 Å². The lowest BCUT2D eigenvalue weighted by Crippen LogP contribution is -2.39. The van der Waals surface area contributed by atoms with Crippen LogP contribution in [0.2, 0.25) is 0 Å². The number of ether oxygens (including phenoxy) is 1. The molecule has 1 atom stereocenters. The monoisotopic (exact) mass is 940 g/mol. The number of hydrogen-bond donors (Lipinski definition) is 1. The molecule has 15 heteroatoms. The molecule has 358 valence electrons. The number of aliphatic hydroxyl groups excluding tert-OH is 1. The van der Waals surface area contributed by atoms with Crippen LogP contribution >= 0.6 is 0 Å². The predicted molar refractivity (Wildman–Crippen MR) is 272 cm³/mol. The first-order chi connectivity index (χ1) is 33.4. The van der Waals surface area contributed by atoms with Crippen LogP contribution in [0.15, 0.2) is 155 Å². The van der Waals surface area contributed by atoms with E-state index in [4.69, 9.17) is 4.74 Å². The van der Waals surface area contributed by atoms with Crippen LogP contribution in [-0.2, 0) is 12.8 Å². The minimum absolute atomic E-state index is 0. The summed E-state index contributed by atoms with van der Waals surface area (Å²) in [5.41, 5.74) is 8.37. The van der Waals surface area contributed by atoms with E-state index in [1.54, 1.807) is 106 Å². The van der Waals surface area contributed by atoms with Gasteiger partial charge in [-0.1, -0.05) is 51.1 Å². The van der Waals surface area contributed by atoms with Crippen LogP contribution in [0.1, 0.15) is 95.1 Å². The number of rotatable bonds is 9. The highest BCUT2D eigenvalue weighted by Crippen LogP contribution is 2.33. The van der Waals surface area contributed by atoms with Crippen molar-refractivity contribution in [1.29, 1.82) is 0 Å². The number of methoxy groups -OCH3 is 1. The van der Waals surface area contributed by atoms with Gasteiger partial charge in [-0.15, -0.1) is 0 Å². The van der Waals surface area contributed by atoms with Crippen LogP contribution in [0.5, 0.6) is 5.75 Å². The number of aromatic nitrogens is 6. The molecule has 0 saturated carbocycles. The summed E-state index contributed by atoms with van der Waals surface area (Å²) in [4.78, 5) is 67.2. The van der Waals surface area contributed by atoms with Gasteiger partial charge in [-0.25, -0.2) is 9.36 Å². The van der Waals surface area contributed by atoms with E-state index in [1.165, 1.54) is 28.3 Å². The van der Waals surface area contributed by atoms with Crippen molar-refractivity contribution < 1.29 is 24.2 Å². The molecule has 70 heavy (non-hydrogen) atoms. The Labute approximate surface area is 406 Å². The highest BCUT2D eigenvalue weighted by atomic mass is 16.5. The van der Waals surface area contributed by atoms with Crippen LogP contribution in [0, 0.1) is 6.92 Å². The van der Waals surface area contributed by atoms with E-state index in [0.29, 0.717) is 77.1 Å². The number of ketones is 1. The number of pyridine rings is 2. The second kappa shape index (κ2) is 21.3. The Balaban J connectivity index is 0.000000197. The number of Topliss-reactive ketones (excluding diaryl/α,β-unsaturated/α-hetero) is 1. The van der Waals surface area contributed by atoms with Crippen LogP contribution in [0.3, 0.4) is 0 Å². The Morgan fingerprint density at radius 1 is 0.586 bits per heavy atom. The molecular formula is C55H56N8O7. The first-order valence-corrected chi connectivity index (χ1v) is 22.8. The maximum absolute atomic E-state index is 13.7. The number of hydrogen-bond acceptors (Lipinski definition) is 9. The zero-order valence-electron chi connectivity index (χ0n) is 39.2. The molecule has 4 aromatic heterocycles. The SMILES string of the molecule is C.CC.COc1ccc(-n2nc(C(C)=O)c3c2C(=O)N(c2ccc(-n4ccccc4=O)cc2)CC3)cc1.Cc1ccc(-n2nc(C(C)O)c3c2C(=O)N(c2ccc(-n4ccccc4=O)cc2)CC3)cc1. The Hall–Kier alpha value is -8.43. The van der Waals surface area contributed by atoms with Crippen molar-refractivity contribution in [1.82, 2.24) is 28.7 Å². The quantitative estimate of drug-likeness (QED) is 0.139. The Kier molecular flexibility index (Phi) is 15.0. The van der Waals surface area contributed by atoms with Gasteiger partial charge >= 0.3 is 0 Å². The van der Waals surface area contributed by atoms with Gasteiger partial charge in [-0.2, -0.15) is 10.2 Å². The number of fused-ring (bicyclic) bond motifs is 2. The minimum Gasteiger partial charge on any atom is -0.497 e. The smallest absolute Gasteiger partial charge is 0.277 e. The molecule has 0 radical (unpaired) electrons. The summed E-state index contributed by atoms with van der Waals surface area (Å²) in [6.07, 6.45) is 3.74. The predicted octanol–water partition coefficient (Wildman–Crippen LogP) is 8.69. The summed E-state index contributed by atoms with van der Waals surface area (Å²) in [5, 5.41) is 19.4. The average molecular weight is 941 g/mol. The standard InChI is InChI=1S/C26H22N4O4.C26H24N4O3.C2H6.CH4/c1-17(31)24-22-14-16-29(19-8-6-18(7-9-19)28-15-4-3-5-23(28)32)26(33)25(22)30(27-24)20-10-12-21(34-2)13-11-20;1-17-6-8-21(9-7-17)30-25-22(24(27-30)18(2)31)14-16-29(26(25)33)20-12-10-19(11-13-20)28-15-4-3-5-23(28)32;1-2;/h3-13,15H,14,16H2,1-2H3;3-13,15,18,31H,14,16H2,1-2H3;1-2H3;1H4. The number of aryl methyl sites for hydroxylation is 1. The Bertz CT molecular complexity index is 3270. The number of carbonyl (C=O) groups excluding carboxylic acids is 3. The summed E-state index contributed by atoms with van der Waals surface area (Å²) in [5.74, 6) is 0.104. The number of carbonyl (C=O) groups is 3. The van der Waals surface area contributed by atoms with Gasteiger partial charge in [0.2, 0.25) is 0 Å². The van der Waals surface area contributed by atoms with Crippen molar-refractivity contribution in [2.45, 2.75) is 61.0 Å². The fraction of sp³-hybridized carbons (Fsp3) is 0.218. The van der Waals surface area contributed by atoms with Crippen molar-refractivity contribution in [2.75, 3.05) is 30.0 Å². The normalized spacial score (nSPS) is 13.1. The minimum atomic E-state index is -0.770. The summed E-state index contributed by atoms with van der Waals surface area (Å²) in [6.45, 7) is 10.0. The highest BCUT2D eigenvalue weighted by Gasteiger charge is 2.36. The maximum Gasteiger partial charge on any atom is 0.277 e. The van der Waals surface area contributed by atoms with Crippen molar-refractivity contribution in [3.63, 3.8) is 0 Å². The number of anilines is 2. The molecule has 1 unspecified atom stereocenters. The van der Waals surface area contributed by atoms with Gasteiger partial charge in [-0.3, -0.25) is 33.1 Å². The first kappa shape index (κ1) is 49.5. The lowest BCUT2D eigenvalue weighted by Gasteiger charge is -2.28. The lowest BCUT2D eigenvalue weighted by molar-refractivity contribution is 0.0964. The molecule has 15 nitrogen and oxygen atoms in total. The van der Waals surface area contributed by atoms with E-state index in [9.17, 15) is 29.1 Å². The van der Waals surface area contributed by atoms with Gasteiger partial charge in [0.15, 0.2) is 5.78 Å². The topological polar surface area (TPSA) is 167 Å².